The van der Waals surface area contributed by atoms with Crippen molar-refractivity contribution in [3.05, 3.63) is 47.1 Å². The van der Waals surface area contributed by atoms with Crippen LogP contribution in [0.5, 0.6) is 0 Å². The smallest absolute Gasteiger partial charge is 0.245 e. The first-order chi connectivity index (χ1) is 9.15. The summed E-state index contributed by atoms with van der Waals surface area (Å²) in [6.45, 7) is 0. The lowest BCUT2D eigenvalue weighted by molar-refractivity contribution is -0.116. The van der Waals surface area contributed by atoms with E-state index < -0.39 is 6.04 Å². The maximum absolute atomic E-state index is 11.5. The second kappa shape index (κ2) is 4.85. The second-order valence-electron chi connectivity index (χ2n) is 4.11. The molecule has 1 unspecified atom stereocenters. The molecule has 1 atom stereocenters. The van der Waals surface area contributed by atoms with Crippen molar-refractivity contribution in [2.75, 3.05) is 5.32 Å². The second-order valence-corrected chi connectivity index (χ2v) is 5.58. The number of carbonyl (C=O) groups excluding carboxylic acids is 1. The number of rotatable bonds is 2. The molecule has 19 heavy (non-hydrogen) atoms. The number of fused-ring (bicyclic) bond motifs is 1. The van der Waals surface area contributed by atoms with E-state index in [1.807, 2.05) is 18.2 Å². The van der Waals surface area contributed by atoms with Gasteiger partial charge in [-0.3, -0.25) is 4.79 Å². The number of benzene rings is 1. The molecule has 3 N–H and O–H groups in total. The molecule has 2 aromatic rings. The van der Waals surface area contributed by atoms with E-state index in [0.717, 1.165) is 21.2 Å². The molecule has 0 saturated heterocycles. The molecule has 1 aromatic heterocycles. The minimum Gasteiger partial charge on any atom is -0.324 e. The van der Waals surface area contributed by atoms with Crippen molar-refractivity contribution in [3.8, 4) is 0 Å². The fraction of sp³-hybridized carbons (Fsp3) is 0.0769. The highest BCUT2D eigenvalue weighted by atomic mass is 35.5. The summed E-state index contributed by atoms with van der Waals surface area (Å²) in [5.41, 5.74) is 7.34. The van der Waals surface area contributed by atoms with E-state index >= 15 is 0 Å². The van der Waals surface area contributed by atoms with Crippen molar-refractivity contribution < 1.29 is 4.79 Å². The van der Waals surface area contributed by atoms with Crippen LogP contribution in [0.2, 0.25) is 5.02 Å². The Hall–Kier alpha value is -1.56. The Bertz CT molecular complexity index is 662. The third kappa shape index (κ3) is 2.32. The van der Waals surface area contributed by atoms with Crippen LogP contribution in [0.3, 0.4) is 0 Å². The summed E-state index contributed by atoms with van der Waals surface area (Å²) in [7, 11) is 0. The maximum Gasteiger partial charge on any atom is 0.245 e. The predicted molar refractivity (Wildman–Crippen MR) is 75.4 cm³/mol. The Kier molecular flexibility index (Phi) is 3.18. The molecule has 1 aliphatic rings. The van der Waals surface area contributed by atoms with Gasteiger partial charge in [-0.15, -0.1) is 0 Å². The van der Waals surface area contributed by atoms with Gasteiger partial charge in [-0.1, -0.05) is 29.4 Å². The predicted octanol–water partition coefficient (Wildman–Crippen LogP) is 2.84. The molecule has 0 bridgehead atoms. The van der Waals surface area contributed by atoms with Crippen molar-refractivity contribution in [3.63, 3.8) is 0 Å². The van der Waals surface area contributed by atoms with Crippen molar-refractivity contribution in [2.45, 2.75) is 16.0 Å². The zero-order chi connectivity index (χ0) is 13.4. The highest BCUT2D eigenvalue weighted by molar-refractivity contribution is 7.99. The standard InChI is InChI=1S/C13H10ClN3OS/c14-9-2-1-5-16-13(9)19-7-3-4-8-10(6-7)17-12(18)11(8)15/h1-6,11H,15H2,(H,17,18). The molecule has 96 valence electrons. The normalized spacial score (nSPS) is 17.2. The molecule has 1 aromatic carbocycles. The van der Waals surface area contributed by atoms with Gasteiger partial charge in [0, 0.05) is 22.3 Å². The lowest BCUT2D eigenvalue weighted by Crippen LogP contribution is -2.19. The molecule has 0 spiro atoms. The summed E-state index contributed by atoms with van der Waals surface area (Å²) in [5, 5.41) is 4.10. The Morgan fingerprint density at radius 1 is 1.37 bits per heavy atom. The van der Waals surface area contributed by atoms with Gasteiger partial charge in [0.2, 0.25) is 5.91 Å². The van der Waals surface area contributed by atoms with Crippen LogP contribution < -0.4 is 11.1 Å². The number of hydrogen-bond donors (Lipinski definition) is 2. The van der Waals surface area contributed by atoms with Gasteiger partial charge in [0.1, 0.15) is 11.1 Å². The van der Waals surface area contributed by atoms with Crippen molar-refractivity contribution in [1.29, 1.82) is 0 Å². The summed E-state index contributed by atoms with van der Waals surface area (Å²) in [6.07, 6.45) is 1.69. The van der Waals surface area contributed by atoms with E-state index in [9.17, 15) is 4.79 Å². The molecular weight excluding hydrogens is 282 g/mol. The van der Waals surface area contributed by atoms with Gasteiger partial charge >= 0.3 is 0 Å². The summed E-state index contributed by atoms with van der Waals surface area (Å²) in [6, 6.07) is 8.66. The first kappa shape index (κ1) is 12.5. The Morgan fingerprint density at radius 3 is 3.00 bits per heavy atom. The zero-order valence-corrected chi connectivity index (χ0v) is 11.3. The Labute approximate surface area is 119 Å². The highest BCUT2D eigenvalue weighted by Crippen LogP contribution is 2.36. The summed E-state index contributed by atoms with van der Waals surface area (Å²) < 4.78 is 0. The van der Waals surface area contributed by atoms with Gasteiger partial charge in [-0.05, 0) is 24.3 Å². The topological polar surface area (TPSA) is 68.0 Å². The molecule has 0 radical (unpaired) electrons. The fourth-order valence-corrected chi connectivity index (χ4v) is 2.94. The average Bonchev–Trinajstić information content (AvgIpc) is 2.68. The van der Waals surface area contributed by atoms with Crippen molar-refractivity contribution >= 4 is 35.0 Å². The number of nitrogens with two attached hydrogens (primary N) is 1. The van der Waals surface area contributed by atoms with Gasteiger partial charge in [0.05, 0.1) is 5.02 Å². The quantitative estimate of drug-likeness (QED) is 0.893. The molecule has 0 saturated carbocycles. The van der Waals surface area contributed by atoms with E-state index in [1.165, 1.54) is 11.8 Å². The van der Waals surface area contributed by atoms with Gasteiger partial charge in [-0.25, -0.2) is 4.98 Å². The minimum absolute atomic E-state index is 0.173. The number of halogens is 1. The van der Waals surface area contributed by atoms with Gasteiger partial charge in [0.25, 0.3) is 0 Å². The third-order valence-electron chi connectivity index (χ3n) is 2.84. The van der Waals surface area contributed by atoms with Gasteiger partial charge in [-0.2, -0.15) is 0 Å². The number of aromatic nitrogens is 1. The number of nitrogens with zero attached hydrogens (tertiary/aromatic N) is 1. The largest absolute Gasteiger partial charge is 0.324 e. The first-order valence-electron chi connectivity index (χ1n) is 5.64. The summed E-state index contributed by atoms with van der Waals surface area (Å²) in [5.74, 6) is -0.173. The SMILES string of the molecule is NC1C(=O)Nc2cc(Sc3ncccc3Cl)ccc21. The molecular formula is C13H10ClN3OS. The molecule has 0 fully saturated rings. The van der Waals surface area contributed by atoms with Crippen LogP contribution in [-0.4, -0.2) is 10.9 Å². The molecule has 6 heteroatoms. The fourth-order valence-electron chi connectivity index (χ4n) is 1.89. The van der Waals surface area contributed by atoms with E-state index in [2.05, 4.69) is 10.3 Å². The molecule has 3 rings (SSSR count). The van der Waals surface area contributed by atoms with Crippen molar-refractivity contribution in [1.82, 2.24) is 4.98 Å². The van der Waals surface area contributed by atoms with E-state index in [-0.39, 0.29) is 5.91 Å². The lowest BCUT2D eigenvalue weighted by Gasteiger charge is -2.05. The summed E-state index contributed by atoms with van der Waals surface area (Å²) >= 11 is 7.51. The van der Waals surface area contributed by atoms with E-state index in [1.54, 1.807) is 18.3 Å². The highest BCUT2D eigenvalue weighted by Gasteiger charge is 2.27. The van der Waals surface area contributed by atoms with Crippen LogP contribution in [0.1, 0.15) is 11.6 Å². The minimum atomic E-state index is -0.576. The molecule has 2 heterocycles. The number of nitrogens with one attached hydrogen (secondary N) is 1. The maximum atomic E-state index is 11.5. The van der Waals surface area contributed by atoms with Crippen LogP contribution in [0.15, 0.2) is 46.5 Å². The van der Waals surface area contributed by atoms with Crippen LogP contribution in [0.25, 0.3) is 0 Å². The van der Waals surface area contributed by atoms with Gasteiger partial charge in [0.15, 0.2) is 0 Å². The van der Waals surface area contributed by atoms with Crippen LogP contribution in [0, 0.1) is 0 Å². The van der Waals surface area contributed by atoms with Gasteiger partial charge < -0.3 is 11.1 Å². The molecule has 0 aliphatic carbocycles. The van der Waals surface area contributed by atoms with Crippen molar-refractivity contribution in [2.24, 2.45) is 5.73 Å². The third-order valence-corrected chi connectivity index (χ3v) is 4.26. The molecule has 1 amide bonds. The van der Waals surface area contributed by atoms with E-state index in [0.29, 0.717) is 5.02 Å². The monoisotopic (exact) mass is 291 g/mol. The molecule has 4 nitrogen and oxygen atoms in total. The lowest BCUT2D eigenvalue weighted by atomic mass is 10.1. The number of amides is 1. The number of pyridine rings is 1. The number of anilines is 1. The Morgan fingerprint density at radius 2 is 2.21 bits per heavy atom. The Balaban J connectivity index is 1.91. The first-order valence-corrected chi connectivity index (χ1v) is 6.83. The van der Waals surface area contributed by atoms with E-state index in [4.69, 9.17) is 17.3 Å². The summed E-state index contributed by atoms with van der Waals surface area (Å²) in [4.78, 5) is 16.6. The molecule has 1 aliphatic heterocycles. The average molecular weight is 292 g/mol. The van der Waals surface area contributed by atoms with Crippen LogP contribution in [-0.2, 0) is 4.79 Å². The zero-order valence-electron chi connectivity index (χ0n) is 9.76. The number of hydrogen-bond acceptors (Lipinski definition) is 4. The van der Waals surface area contributed by atoms with Crippen LogP contribution in [0.4, 0.5) is 5.69 Å². The van der Waals surface area contributed by atoms with Crippen LogP contribution >= 0.6 is 23.4 Å². The number of carbonyl (C=O) groups is 1.